The van der Waals surface area contributed by atoms with Crippen molar-refractivity contribution in [2.45, 2.75) is 32.2 Å². The summed E-state index contributed by atoms with van der Waals surface area (Å²) in [6.07, 6.45) is 2.05. The number of benzene rings is 1. The fourth-order valence-corrected chi connectivity index (χ4v) is 5.15. The van der Waals surface area contributed by atoms with Gasteiger partial charge in [0.25, 0.3) is 0 Å². The number of para-hydroxylation sites is 1. The van der Waals surface area contributed by atoms with Gasteiger partial charge in [-0.2, -0.15) is 0 Å². The number of Topliss-reactive ketones (excluding diaryl/α,β-unsaturated/α-hetero) is 1. The van der Waals surface area contributed by atoms with Gasteiger partial charge in [-0.15, -0.1) is 0 Å². The molecule has 0 spiro atoms. The van der Waals surface area contributed by atoms with E-state index in [-0.39, 0.29) is 29.6 Å². The summed E-state index contributed by atoms with van der Waals surface area (Å²) in [5, 5.41) is 1.09. The van der Waals surface area contributed by atoms with Gasteiger partial charge in [0, 0.05) is 29.9 Å². The lowest BCUT2D eigenvalue weighted by molar-refractivity contribution is -0.154. The van der Waals surface area contributed by atoms with Gasteiger partial charge < -0.3 is 14.6 Å². The molecule has 2 aromatic rings. The number of nitrogens with one attached hydrogen (secondary N) is 1. The van der Waals surface area contributed by atoms with Crippen molar-refractivity contribution >= 4 is 22.7 Å². The van der Waals surface area contributed by atoms with Crippen molar-refractivity contribution in [2.24, 2.45) is 17.8 Å². The summed E-state index contributed by atoms with van der Waals surface area (Å²) >= 11 is 0. The van der Waals surface area contributed by atoms with E-state index in [0.717, 1.165) is 35.1 Å². The maximum atomic E-state index is 13.1. The molecule has 2 heterocycles. The van der Waals surface area contributed by atoms with Crippen LogP contribution in [0.15, 0.2) is 24.3 Å². The smallest absolute Gasteiger partial charge is 0.310 e. The van der Waals surface area contributed by atoms with Gasteiger partial charge in [0.2, 0.25) is 0 Å². The molecule has 5 nitrogen and oxygen atoms in total. The van der Waals surface area contributed by atoms with Crippen LogP contribution in [0.2, 0.25) is 0 Å². The molecule has 2 aliphatic rings. The number of likely N-dealkylation sites (N-methyl/N-ethyl adjacent to an activating group) is 1. The molecule has 1 unspecified atom stereocenters. The lowest BCUT2D eigenvalue weighted by atomic mass is 9.67. The van der Waals surface area contributed by atoms with E-state index in [1.807, 2.05) is 18.2 Å². The van der Waals surface area contributed by atoms with Crippen LogP contribution >= 0.6 is 0 Å². The maximum Gasteiger partial charge on any atom is 0.310 e. The van der Waals surface area contributed by atoms with Gasteiger partial charge in [-0.3, -0.25) is 9.59 Å². The molecule has 1 aromatic heterocycles. The summed E-state index contributed by atoms with van der Waals surface area (Å²) in [5.74, 6) is 0.0584. The minimum absolute atomic E-state index is 0.0423. The van der Waals surface area contributed by atoms with Gasteiger partial charge in [0.1, 0.15) is 0 Å². The number of likely N-dealkylation sites (tertiary alicyclic amines) is 1. The number of methoxy groups -OCH3 is 1. The van der Waals surface area contributed by atoms with Gasteiger partial charge in [-0.05, 0) is 36.9 Å². The molecule has 2 bridgehead atoms. The third-order valence-corrected chi connectivity index (χ3v) is 6.49. The molecule has 1 fully saturated rings. The Bertz CT molecular complexity index is 856. The van der Waals surface area contributed by atoms with Crippen LogP contribution in [0, 0.1) is 17.8 Å². The minimum Gasteiger partial charge on any atom is -0.469 e. The van der Waals surface area contributed by atoms with Crippen LogP contribution in [0.25, 0.3) is 10.9 Å². The third-order valence-electron chi connectivity index (χ3n) is 6.49. The molecule has 0 amide bonds. The molecule has 138 valence electrons. The third kappa shape index (κ3) is 2.57. The summed E-state index contributed by atoms with van der Waals surface area (Å²) in [7, 11) is 3.55. The predicted octanol–water partition coefficient (Wildman–Crippen LogP) is 3.04. The van der Waals surface area contributed by atoms with Gasteiger partial charge in [0.15, 0.2) is 5.78 Å². The molecule has 0 saturated carbocycles. The highest BCUT2D eigenvalue weighted by atomic mass is 16.5. The average Bonchev–Trinajstić information content (AvgIpc) is 3.01. The molecule has 26 heavy (non-hydrogen) atoms. The maximum absolute atomic E-state index is 13.1. The summed E-state index contributed by atoms with van der Waals surface area (Å²) in [6.45, 7) is 3.06. The molecule has 1 aliphatic heterocycles. The van der Waals surface area contributed by atoms with E-state index < -0.39 is 0 Å². The number of carbonyl (C=O) groups excluding carboxylic acids is 2. The van der Waals surface area contributed by atoms with E-state index in [0.29, 0.717) is 18.8 Å². The molecular weight excluding hydrogens is 328 g/mol. The fraction of sp³-hybridized carbons (Fsp3) is 0.524. The Morgan fingerprint density at radius 2 is 2.08 bits per heavy atom. The van der Waals surface area contributed by atoms with Crippen molar-refractivity contribution in [2.75, 3.05) is 20.7 Å². The van der Waals surface area contributed by atoms with Crippen LogP contribution in [0.1, 0.15) is 35.8 Å². The minimum atomic E-state index is -0.255. The van der Waals surface area contributed by atoms with Crippen LogP contribution in [0.3, 0.4) is 0 Å². The molecule has 5 heteroatoms. The Balaban J connectivity index is 1.88. The van der Waals surface area contributed by atoms with E-state index in [4.69, 9.17) is 4.74 Å². The number of aromatic nitrogens is 1. The number of nitrogens with zero attached hydrogens (tertiary/aromatic N) is 1. The van der Waals surface area contributed by atoms with E-state index in [1.165, 1.54) is 7.11 Å². The zero-order chi connectivity index (χ0) is 18.4. The number of rotatable bonds is 2. The zero-order valence-corrected chi connectivity index (χ0v) is 15.6. The largest absolute Gasteiger partial charge is 0.469 e. The first-order chi connectivity index (χ1) is 12.5. The SMILES string of the molecule is CC[C@H]1CN(C)[C@@H]2Cc3c([nH]c4ccccc34)C(=O)C[C@@H]1C2C(=O)OC. The number of ether oxygens (including phenoxy) is 1. The number of H-pyrrole nitrogens is 1. The molecule has 1 saturated heterocycles. The van der Waals surface area contributed by atoms with Crippen LogP contribution in [-0.4, -0.2) is 48.4 Å². The van der Waals surface area contributed by atoms with Crippen molar-refractivity contribution in [1.82, 2.24) is 9.88 Å². The fourth-order valence-electron chi connectivity index (χ4n) is 5.15. The Kier molecular flexibility index (Phi) is 4.35. The number of fused-ring (bicyclic) bond motifs is 5. The number of piperidine rings is 1. The van der Waals surface area contributed by atoms with Gasteiger partial charge in [0.05, 0.1) is 18.7 Å². The standard InChI is InChI=1S/C21H26N2O3/c1-4-12-11-23(2)17-9-15-13-7-5-6-8-16(13)22-20(15)18(24)10-14(12)19(17)21(25)26-3/h5-8,12,14,17,19,22H,4,9-11H2,1-3H3/t12-,14-,17+,19?/m0/s1. The molecule has 1 aliphatic carbocycles. The number of ketones is 1. The van der Waals surface area contributed by atoms with Crippen molar-refractivity contribution < 1.29 is 14.3 Å². The Morgan fingerprint density at radius 3 is 2.81 bits per heavy atom. The van der Waals surface area contributed by atoms with Crippen LogP contribution in [0.5, 0.6) is 0 Å². The van der Waals surface area contributed by atoms with Crippen LogP contribution in [-0.2, 0) is 16.0 Å². The molecule has 1 N–H and O–H groups in total. The highest BCUT2D eigenvalue weighted by Gasteiger charge is 2.48. The van der Waals surface area contributed by atoms with Gasteiger partial charge in [-0.25, -0.2) is 0 Å². The van der Waals surface area contributed by atoms with Gasteiger partial charge >= 0.3 is 5.97 Å². The Hall–Kier alpha value is -2.14. The molecule has 1 aromatic carbocycles. The molecule has 4 atom stereocenters. The normalized spacial score (nSPS) is 29.1. The second-order valence-corrected chi connectivity index (χ2v) is 7.74. The number of aromatic amines is 1. The number of carbonyl (C=O) groups is 2. The summed E-state index contributed by atoms with van der Waals surface area (Å²) in [6, 6.07) is 8.10. The Labute approximate surface area is 153 Å². The van der Waals surface area contributed by atoms with E-state index >= 15 is 0 Å². The van der Waals surface area contributed by atoms with E-state index in [9.17, 15) is 9.59 Å². The lowest BCUT2D eigenvalue weighted by Crippen LogP contribution is -2.56. The van der Waals surface area contributed by atoms with E-state index in [2.05, 4.69) is 29.9 Å². The summed E-state index contributed by atoms with van der Waals surface area (Å²) in [5.41, 5.74) is 2.77. The van der Waals surface area contributed by atoms with Crippen molar-refractivity contribution in [3.05, 3.63) is 35.5 Å². The quantitative estimate of drug-likeness (QED) is 0.842. The van der Waals surface area contributed by atoms with Crippen molar-refractivity contribution in [3.8, 4) is 0 Å². The molecule has 4 rings (SSSR count). The molecular formula is C21H26N2O3. The number of hydrogen-bond donors (Lipinski definition) is 1. The van der Waals surface area contributed by atoms with E-state index in [1.54, 1.807) is 0 Å². The number of esters is 1. The van der Waals surface area contributed by atoms with Crippen LogP contribution in [0.4, 0.5) is 0 Å². The monoisotopic (exact) mass is 354 g/mol. The second kappa shape index (κ2) is 6.54. The van der Waals surface area contributed by atoms with Crippen LogP contribution < -0.4 is 0 Å². The predicted molar refractivity (Wildman–Crippen MR) is 100 cm³/mol. The Morgan fingerprint density at radius 1 is 1.31 bits per heavy atom. The average molecular weight is 354 g/mol. The zero-order valence-electron chi connectivity index (χ0n) is 15.6. The first kappa shape index (κ1) is 17.3. The first-order valence-corrected chi connectivity index (χ1v) is 9.46. The van der Waals surface area contributed by atoms with Crippen molar-refractivity contribution in [3.63, 3.8) is 0 Å². The molecule has 0 radical (unpaired) electrons. The first-order valence-electron chi connectivity index (χ1n) is 9.46. The lowest BCUT2D eigenvalue weighted by Gasteiger charge is -2.47. The topological polar surface area (TPSA) is 62.4 Å². The number of hydrogen-bond acceptors (Lipinski definition) is 4. The van der Waals surface area contributed by atoms with Crippen molar-refractivity contribution in [1.29, 1.82) is 0 Å². The highest BCUT2D eigenvalue weighted by Crippen LogP contribution is 2.42. The summed E-state index contributed by atoms with van der Waals surface area (Å²) in [4.78, 5) is 31.5. The highest BCUT2D eigenvalue weighted by molar-refractivity contribution is 6.03. The summed E-state index contributed by atoms with van der Waals surface area (Å²) < 4.78 is 5.17. The second-order valence-electron chi connectivity index (χ2n) is 7.74. The van der Waals surface area contributed by atoms with Gasteiger partial charge in [-0.1, -0.05) is 31.5 Å².